The van der Waals surface area contributed by atoms with Gasteiger partial charge >= 0.3 is 5.97 Å². The van der Waals surface area contributed by atoms with E-state index in [9.17, 15) is 9.59 Å². The van der Waals surface area contributed by atoms with Crippen LogP contribution in [0.5, 0.6) is 0 Å². The number of esters is 1. The molecule has 0 aliphatic rings. The van der Waals surface area contributed by atoms with Crippen LogP contribution in [0, 0.1) is 0 Å². The van der Waals surface area contributed by atoms with Gasteiger partial charge in [-0.3, -0.25) is 4.79 Å². The van der Waals surface area contributed by atoms with Crippen LogP contribution in [0.1, 0.15) is 17.3 Å². The second kappa shape index (κ2) is 5.48. The summed E-state index contributed by atoms with van der Waals surface area (Å²) in [5.41, 5.74) is 5.72. The van der Waals surface area contributed by atoms with Crippen LogP contribution in [0.2, 0.25) is 0 Å². The number of hydrogen-bond donors (Lipinski definition) is 3. The second-order valence-corrected chi connectivity index (χ2v) is 4.02. The number of carbonyl (C=O) groups is 2. The van der Waals surface area contributed by atoms with Crippen LogP contribution in [0.4, 0.5) is 10.8 Å². The first-order valence-corrected chi connectivity index (χ1v) is 5.60. The van der Waals surface area contributed by atoms with Crippen molar-refractivity contribution in [2.24, 2.45) is 0 Å². The Hall–Kier alpha value is -1.83. The van der Waals surface area contributed by atoms with Crippen LogP contribution >= 0.6 is 11.5 Å². The van der Waals surface area contributed by atoms with Gasteiger partial charge < -0.3 is 21.1 Å². The van der Waals surface area contributed by atoms with Gasteiger partial charge in [-0.1, -0.05) is 0 Å². The minimum Gasteiger partial charge on any atom is -0.465 e. The van der Waals surface area contributed by atoms with E-state index < -0.39 is 12.0 Å². The van der Waals surface area contributed by atoms with Gasteiger partial charge in [0.1, 0.15) is 16.6 Å². The maximum absolute atomic E-state index is 11.5. The molecule has 0 aromatic carbocycles. The average Bonchev–Trinajstić information content (AvgIpc) is 2.68. The normalized spacial score (nSPS) is 11.7. The Kier molecular flexibility index (Phi) is 4.27. The van der Waals surface area contributed by atoms with Gasteiger partial charge in [0.25, 0.3) is 0 Å². The van der Waals surface area contributed by atoms with Crippen LogP contribution in [0.25, 0.3) is 0 Å². The number of nitrogens with one attached hydrogen (secondary N) is 2. The van der Waals surface area contributed by atoms with Crippen molar-refractivity contribution < 1.29 is 14.3 Å². The summed E-state index contributed by atoms with van der Waals surface area (Å²) >= 11 is 1.01. The Labute approximate surface area is 102 Å². The average molecular weight is 258 g/mol. The zero-order valence-electron chi connectivity index (χ0n) is 9.73. The second-order valence-electron chi connectivity index (χ2n) is 3.24. The summed E-state index contributed by atoms with van der Waals surface area (Å²) in [6.45, 7) is 1.66. The zero-order chi connectivity index (χ0) is 13.0. The SMILES string of the molecule is CNC(=O)C(C)Nc1snc(N)c1C(=O)OC. The van der Waals surface area contributed by atoms with Crippen molar-refractivity contribution in [1.29, 1.82) is 0 Å². The minimum absolute atomic E-state index is 0.0912. The molecule has 17 heavy (non-hydrogen) atoms. The van der Waals surface area contributed by atoms with Gasteiger partial charge in [-0.2, -0.15) is 4.37 Å². The Morgan fingerprint density at radius 2 is 2.18 bits per heavy atom. The first-order valence-electron chi connectivity index (χ1n) is 4.82. The molecule has 0 fully saturated rings. The molecular formula is C9H14N4O3S. The van der Waals surface area contributed by atoms with E-state index in [1.807, 2.05) is 0 Å². The maximum Gasteiger partial charge on any atom is 0.344 e. The number of rotatable bonds is 4. The molecule has 0 spiro atoms. The summed E-state index contributed by atoms with van der Waals surface area (Å²) < 4.78 is 8.44. The number of methoxy groups -OCH3 is 1. The number of aromatic nitrogens is 1. The van der Waals surface area contributed by atoms with Crippen molar-refractivity contribution in [3.63, 3.8) is 0 Å². The smallest absolute Gasteiger partial charge is 0.344 e. The predicted molar refractivity (Wildman–Crippen MR) is 65.0 cm³/mol. The molecule has 1 aromatic heterocycles. The maximum atomic E-state index is 11.5. The molecule has 1 amide bonds. The largest absolute Gasteiger partial charge is 0.465 e. The van der Waals surface area contributed by atoms with Crippen molar-refractivity contribution in [3.05, 3.63) is 5.56 Å². The molecule has 0 aliphatic heterocycles. The van der Waals surface area contributed by atoms with Gasteiger partial charge in [-0.05, 0) is 18.5 Å². The first kappa shape index (κ1) is 13.2. The monoisotopic (exact) mass is 258 g/mol. The molecular weight excluding hydrogens is 244 g/mol. The molecule has 94 valence electrons. The molecule has 1 atom stereocenters. The van der Waals surface area contributed by atoms with Gasteiger partial charge in [0.15, 0.2) is 5.82 Å². The molecule has 4 N–H and O–H groups in total. The van der Waals surface area contributed by atoms with E-state index in [2.05, 4.69) is 19.7 Å². The van der Waals surface area contributed by atoms with Gasteiger partial charge in [0, 0.05) is 7.05 Å². The molecule has 0 saturated carbocycles. The lowest BCUT2D eigenvalue weighted by Crippen LogP contribution is -2.35. The van der Waals surface area contributed by atoms with Crippen LogP contribution in [0.3, 0.4) is 0 Å². The molecule has 1 aromatic rings. The molecule has 1 unspecified atom stereocenters. The number of hydrogen-bond acceptors (Lipinski definition) is 7. The van der Waals surface area contributed by atoms with E-state index in [1.54, 1.807) is 6.92 Å². The van der Waals surface area contributed by atoms with Gasteiger partial charge in [-0.25, -0.2) is 4.79 Å². The highest BCUT2D eigenvalue weighted by atomic mass is 32.1. The summed E-state index contributed by atoms with van der Waals surface area (Å²) in [7, 11) is 2.79. The fraction of sp³-hybridized carbons (Fsp3) is 0.444. The lowest BCUT2D eigenvalue weighted by molar-refractivity contribution is -0.121. The number of likely N-dealkylation sites (N-methyl/N-ethyl adjacent to an activating group) is 1. The highest BCUT2D eigenvalue weighted by Gasteiger charge is 2.22. The molecule has 0 aliphatic carbocycles. The summed E-state index contributed by atoms with van der Waals surface area (Å²) in [6.07, 6.45) is 0. The van der Waals surface area contributed by atoms with E-state index in [4.69, 9.17) is 5.73 Å². The summed E-state index contributed by atoms with van der Waals surface area (Å²) in [5, 5.41) is 5.77. The van der Waals surface area contributed by atoms with Crippen molar-refractivity contribution in [3.8, 4) is 0 Å². The zero-order valence-corrected chi connectivity index (χ0v) is 10.6. The summed E-state index contributed by atoms with van der Waals surface area (Å²) in [5.74, 6) is -0.691. The Bertz CT molecular complexity index is 432. The Morgan fingerprint density at radius 1 is 1.53 bits per heavy atom. The van der Waals surface area contributed by atoms with Crippen LogP contribution in [-0.2, 0) is 9.53 Å². The van der Waals surface area contributed by atoms with Crippen LogP contribution in [-0.4, -0.2) is 36.4 Å². The third-order valence-electron chi connectivity index (χ3n) is 2.10. The topological polar surface area (TPSA) is 106 Å². The van der Waals surface area contributed by atoms with Gasteiger partial charge in [0.05, 0.1) is 7.11 Å². The molecule has 1 rings (SSSR count). The number of nitrogens with zero attached hydrogens (tertiary/aromatic N) is 1. The highest BCUT2D eigenvalue weighted by Crippen LogP contribution is 2.27. The quantitative estimate of drug-likeness (QED) is 0.659. The standard InChI is InChI=1S/C9H14N4O3S/c1-4(7(14)11-2)12-8-5(9(15)16-3)6(10)13-17-8/h4,12H,1-3H3,(H2,10,13)(H,11,14). The lowest BCUT2D eigenvalue weighted by atomic mass is 10.2. The number of nitrogens with two attached hydrogens (primary N) is 1. The van der Waals surface area contributed by atoms with Crippen LogP contribution < -0.4 is 16.4 Å². The predicted octanol–water partition coefficient (Wildman–Crippen LogP) is 0.0583. The first-order chi connectivity index (χ1) is 8.01. The van der Waals surface area contributed by atoms with E-state index in [-0.39, 0.29) is 17.3 Å². The van der Waals surface area contributed by atoms with Crippen molar-refractivity contribution in [2.75, 3.05) is 25.2 Å². The molecule has 0 bridgehead atoms. The Balaban J connectivity index is 2.92. The van der Waals surface area contributed by atoms with E-state index in [0.717, 1.165) is 11.5 Å². The van der Waals surface area contributed by atoms with Crippen molar-refractivity contribution >= 4 is 34.2 Å². The number of anilines is 2. The number of amides is 1. The molecule has 7 nitrogen and oxygen atoms in total. The van der Waals surface area contributed by atoms with E-state index in [1.165, 1.54) is 14.2 Å². The van der Waals surface area contributed by atoms with Crippen LogP contribution in [0.15, 0.2) is 0 Å². The van der Waals surface area contributed by atoms with Gasteiger partial charge in [-0.15, -0.1) is 0 Å². The minimum atomic E-state index is -0.581. The fourth-order valence-corrected chi connectivity index (χ4v) is 1.97. The number of carbonyl (C=O) groups excluding carboxylic acids is 2. The molecule has 8 heteroatoms. The van der Waals surface area contributed by atoms with Gasteiger partial charge in [0.2, 0.25) is 5.91 Å². The highest BCUT2D eigenvalue weighted by molar-refractivity contribution is 7.11. The van der Waals surface area contributed by atoms with Crippen molar-refractivity contribution in [2.45, 2.75) is 13.0 Å². The number of ether oxygens (including phenoxy) is 1. The number of nitrogen functional groups attached to an aromatic ring is 1. The lowest BCUT2D eigenvalue weighted by Gasteiger charge is -2.12. The molecule has 0 radical (unpaired) electrons. The summed E-state index contributed by atoms with van der Waals surface area (Å²) in [6, 6.07) is -0.497. The van der Waals surface area contributed by atoms with E-state index in [0.29, 0.717) is 5.00 Å². The fourth-order valence-electron chi connectivity index (χ4n) is 1.18. The Morgan fingerprint density at radius 3 is 2.71 bits per heavy atom. The van der Waals surface area contributed by atoms with E-state index >= 15 is 0 Å². The molecule has 1 heterocycles. The third-order valence-corrected chi connectivity index (χ3v) is 2.89. The van der Waals surface area contributed by atoms with Crippen molar-refractivity contribution in [1.82, 2.24) is 9.69 Å². The molecule has 0 saturated heterocycles. The third kappa shape index (κ3) is 2.84. The summed E-state index contributed by atoms with van der Waals surface area (Å²) in [4.78, 5) is 22.8.